The number of fused-ring (bicyclic) bond motifs is 1. The number of hydrogen-bond acceptors (Lipinski definition) is 3. The fraction of sp³-hybridized carbons (Fsp3) is 0.579. The van der Waals surface area contributed by atoms with E-state index in [0.717, 1.165) is 6.54 Å². The van der Waals surface area contributed by atoms with Crippen LogP contribution in [0, 0.1) is 35.1 Å². The van der Waals surface area contributed by atoms with E-state index < -0.39 is 5.72 Å². The van der Waals surface area contributed by atoms with E-state index in [2.05, 4.69) is 58.5 Å². The minimum absolute atomic E-state index is 0. The average molecular weight is 479 g/mol. The van der Waals surface area contributed by atoms with Crippen LogP contribution in [0.5, 0.6) is 0 Å². The molecule has 2 heterocycles. The minimum atomic E-state index is -0.455. The summed E-state index contributed by atoms with van der Waals surface area (Å²) in [6.45, 7) is 14.9. The van der Waals surface area contributed by atoms with Crippen LogP contribution in [0.4, 0.5) is 5.69 Å². The second-order valence-electron chi connectivity index (χ2n) is 6.99. The molecule has 0 aromatic heterocycles. The van der Waals surface area contributed by atoms with E-state index in [-0.39, 0.29) is 78.3 Å². The molecule has 1 aromatic carbocycles. The van der Waals surface area contributed by atoms with Gasteiger partial charge >= 0.3 is 0 Å². The number of nitrogens with zero attached hydrogens (tertiary/aromatic N) is 2. The average Bonchev–Trinajstić information content (AvgIpc) is 2.62. The van der Waals surface area contributed by atoms with E-state index in [1.54, 1.807) is 0 Å². The zero-order valence-corrected chi connectivity index (χ0v) is 22.1. The summed E-state index contributed by atoms with van der Waals surface area (Å²) in [6.07, 6.45) is 2.03. The van der Waals surface area contributed by atoms with Crippen LogP contribution < -0.4 is 4.90 Å². The maximum absolute atomic E-state index is 6.30. The molecule has 0 saturated carbocycles. The van der Waals surface area contributed by atoms with Gasteiger partial charge in [0.1, 0.15) is 0 Å². The van der Waals surface area contributed by atoms with Gasteiger partial charge in [-0.15, -0.1) is 0 Å². The van der Waals surface area contributed by atoms with E-state index >= 15 is 0 Å². The molecular weight excluding hydrogens is 450 g/mol. The number of aliphatic imine (C=N–C) groups is 1. The van der Waals surface area contributed by atoms with Crippen molar-refractivity contribution in [3.63, 3.8) is 0 Å². The molecule has 1 unspecified atom stereocenters. The van der Waals surface area contributed by atoms with Gasteiger partial charge < -0.3 is 17.1 Å². The van der Waals surface area contributed by atoms with Gasteiger partial charge in [-0.2, -0.15) is 0 Å². The molecule has 5 heteroatoms. The van der Waals surface area contributed by atoms with Gasteiger partial charge in [-0.1, -0.05) is 13.8 Å². The first kappa shape index (κ1) is 24.9. The molecule has 0 N–H and O–H groups in total. The molecule has 2 aliphatic rings. The third kappa shape index (κ3) is 3.05. The summed E-state index contributed by atoms with van der Waals surface area (Å²) in [5, 5.41) is 0. The van der Waals surface area contributed by atoms with E-state index in [1.807, 2.05) is 6.21 Å². The first-order valence-corrected chi connectivity index (χ1v) is 7.75. The Balaban J connectivity index is 0.00000176. The molecule has 2 radical (unpaired) electrons. The van der Waals surface area contributed by atoms with Gasteiger partial charge in [-0.25, -0.2) is 0 Å². The fourth-order valence-corrected chi connectivity index (χ4v) is 4.25. The molecule has 1 aromatic rings. The van der Waals surface area contributed by atoms with E-state index in [0.29, 0.717) is 6.61 Å². The summed E-state index contributed by atoms with van der Waals surface area (Å²) in [5.41, 5.74) is 7.72. The number of anilines is 1. The molecule has 128 valence electrons. The predicted octanol–water partition coefficient (Wildman–Crippen LogP) is 3.89. The van der Waals surface area contributed by atoms with Crippen molar-refractivity contribution in [1.29, 1.82) is 0 Å². The third-order valence-corrected chi connectivity index (χ3v) is 5.82. The van der Waals surface area contributed by atoms with Gasteiger partial charge in [0, 0.05) is 83.6 Å². The second-order valence-corrected chi connectivity index (χ2v) is 6.99. The number of rotatable bonds is 0. The van der Waals surface area contributed by atoms with Gasteiger partial charge in [-0.05, 0) is 55.5 Å². The van der Waals surface area contributed by atoms with Crippen LogP contribution in [0.15, 0.2) is 4.99 Å². The molecule has 1 atom stereocenters. The summed E-state index contributed by atoms with van der Waals surface area (Å²) in [6, 6.07) is 0. The Labute approximate surface area is 198 Å². The Bertz CT molecular complexity index is 656. The van der Waals surface area contributed by atoms with Crippen LogP contribution in [0.3, 0.4) is 0 Å². The van der Waals surface area contributed by atoms with Crippen molar-refractivity contribution in [3.8, 4) is 0 Å². The molecule has 0 fully saturated rings. The number of likely N-dealkylation sites (N-methyl/N-ethyl adjacent to an activating group) is 1. The smallest absolute Gasteiger partial charge is 0.186 e. The van der Waals surface area contributed by atoms with Crippen molar-refractivity contribution < 1.29 is 70.2 Å². The summed E-state index contributed by atoms with van der Waals surface area (Å²) in [7, 11) is 2.14. The Kier molecular flexibility index (Phi) is 8.55. The summed E-state index contributed by atoms with van der Waals surface area (Å²) >= 11 is 0. The summed E-state index contributed by atoms with van der Waals surface area (Å²) < 4.78 is 6.30. The van der Waals surface area contributed by atoms with E-state index in [1.165, 1.54) is 33.5 Å². The molecule has 0 aliphatic carbocycles. The van der Waals surface area contributed by atoms with Crippen molar-refractivity contribution in [2.45, 2.75) is 52.7 Å². The molecule has 2 aliphatic heterocycles. The van der Waals surface area contributed by atoms with Crippen LogP contribution in [0.25, 0.3) is 0 Å². The molecule has 3 nitrogen and oxygen atoms in total. The fourth-order valence-electron chi connectivity index (χ4n) is 4.25. The SMILES string of the molecule is Cc1c(C)c(C)c2c(c1C)N(C)C1(C=NCCO1)C2(C)C.[CH3-].[Y].[Y]. The Morgan fingerprint density at radius 3 is 2.04 bits per heavy atom. The largest absolute Gasteiger partial charge is 0.358 e. The van der Waals surface area contributed by atoms with Crippen molar-refractivity contribution >= 4 is 11.9 Å². The second kappa shape index (κ2) is 8.26. The van der Waals surface area contributed by atoms with Crippen LogP contribution in [-0.2, 0) is 75.6 Å². The monoisotopic (exact) mass is 479 g/mol. The summed E-state index contributed by atoms with van der Waals surface area (Å²) in [4.78, 5) is 6.86. The standard InChI is InChI=1S/C18H26N2O.CH3.2Y/c1-11-12(2)14(4)16-15(13(11)3)17(5,6)18(20(16)7)10-19-8-9-21-18;;;/h10H,8-9H2,1-7H3;1H3;;/q;-1;;. The van der Waals surface area contributed by atoms with Crippen molar-refractivity contribution in [2.24, 2.45) is 4.99 Å². The van der Waals surface area contributed by atoms with E-state index in [4.69, 9.17) is 4.74 Å². The molecule has 0 saturated heterocycles. The predicted molar refractivity (Wildman–Crippen MR) is 95.3 cm³/mol. The molecule has 3 rings (SSSR count). The van der Waals surface area contributed by atoms with E-state index in [9.17, 15) is 0 Å². The number of hydrogen-bond donors (Lipinski definition) is 0. The Morgan fingerprint density at radius 2 is 1.54 bits per heavy atom. The normalized spacial score (nSPS) is 23.2. The molecular formula is C19H29N2OY2-. The van der Waals surface area contributed by atoms with Gasteiger partial charge in [-0.3, -0.25) is 4.99 Å². The van der Waals surface area contributed by atoms with Gasteiger partial charge in [0.05, 0.1) is 19.4 Å². The third-order valence-electron chi connectivity index (χ3n) is 5.82. The molecule has 1 spiro atoms. The zero-order valence-electron chi connectivity index (χ0n) is 16.4. The maximum atomic E-state index is 6.30. The number of benzene rings is 1. The van der Waals surface area contributed by atoms with Crippen molar-refractivity contribution in [1.82, 2.24) is 0 Å². The molecule has 24 heavy (non-hydrogen) atoms. The number of ether oxygens (including phenoxy) is 1. The van der Waals surface area contributed by atoms with Crippen molar-refractivity contribution in [3.05, 3.63) is 35.2 Å². The summed E-state index contributed by atoms with van der Waals surface area (Å²) in [5.74, 6) is 0. The molecule has 0 bridgehead atoms. The Hall–Kier alpha value is 0.858. The Morgan fingerprint density at radius 1 is 1.00 bits per heavy atom. The van der Waals surface area contributed by atoms with Gasteiger partial charge in [0.2, 0.25) is 0 Å². The topological polar surface area (TPSA) is 24.8 Å². The first-order valence-electron chi connectivity index (χ1n) is 7.75. The van der Waals surface area contributed by atoms with Crippen molar-refractivity contribution in [2.75, 3.05) is 25.1 Å². The van der Waals surface area contributed by atoms with Gasteiger partial charge in [0.25, 0.3) is 0 Å². The van der Waals surface area contributed by atoms with Crippen LogP contribution >= 0.6 is 0 Å². The first-order chi connectivity index (χ1) is 9.75. The maximum Gasteiger partial charge on any atom is 0.186 e. The minimum Gasteiger partial charge on any atom is -0.358 e. The van der Waals surface area contributed by atoms with Crippen LogP contribution in [0.1, 0.15) is 41.7 Å². The molecule has 0 amide bonds. The van der Waals surface area contributed by atoms with Crippen LogP contribution in [-0.4, -0.2) is 32.1 Å². The quantitative estimate of drug-likeness (QED) is 0.528. The zero-order chi connectivity index (χ0) is 15.6. The van der Waals surface area contributed by atoms with Gasteiger partial charge in [0.15, 0.2) is 5.72 Å². The van der Waals surface area contributed by atoms with Crippen LogP contribution in [0.2, 0.25) is 0 Å².